The van der Waals surface area contributed by atoms with E-state index in [0.717, 1.165) is 16.5 Å². The van der Waals surface area contributed by atoms with Gasteiger partial charge >= 0.3 is 0 Å². The minimum absolute atomic E-state index is 0.0538. The molecule has 1 fully saturated rings. The van der Waals surface area contributed by atoms with Crippen molar-refractivity contribution in [3.05, 3.63) is 41.6 Å². The number of hydrogen-bond donors (Lipinski definition) is 3. The summed E-state index contributed by atoms with van der Waals surface area (Å²) in [4.78, 5) is 60.4. The van der Waals surface area contributed by atoms with Crippen molar-refractivity contribution in [2.24, 2.45) is 0 Å². The second kappa shape index (κ2) is 8.03. The molecule has 1 saturated heterocycles. The fourth-order valence-electron chi connectivity index (χ4n) is 3.14. The molecule has 0 saturated carbocycles. The van der Waals surface area contributed by atoms with Gasteiger partial charge in [0.25, 0.3) is 11.8 Å². The summed E-state index contributed by atoms with van der Waals surface area (Å²) in [5.41, 5.74) is 1.54. The van der Waals surface area contributed by atoms with E-state index in [1.54, 1.807) is 25.2 Å². The minimum atomic E-state index is -0.993. The zero-order chi connectivity index (χ0) is 20.3. The summed E-state index contributed by atoms with van der Waals surface area (Å²) in [5.74, 6) is -2.35. The quantitative estimate of drug-likeness (QED) is 0.585. The van der Waals surface area contributed by atoms with Gasteiger partial charge in [-0.15, -0.1) is 0 Å². The number of benzene rings is 1. The molecule has 2 heterocycles. The van der Waals surface area contributed by atoms with Crippen LogP contribution in [0.5, 0.6) is 0 Å². The SMILES string of the molecule is CNC(=O)CCc1cccc(NC2=CC(=O)N(C3CCC(=O)NC3=O)C2=O)c1. The van der Waals surface area contributed by atoms with Crippen LogP contribution < -0.4 is 16.0 Å². The first-order valence-electron chi connectivity index (χ1n) is 8.88. The zero-order valence-electron chi connectivity index (χ0n) is 15.3. The Bertz CT molecular complexity index is 892. The molecule has 5 amide bonds. The lowest BCUT2D eigenvalue weighted by Gasteiger charge is -2.28. The van der Waals surface area contributed by atoms with Crippen molar-refractivity contribution >= 4 is 35.2 Å². The van der Waals surface area contributed by atoms with E-state index in [9.17, 15) is 24.0 Å². The van der Waals surface area contributed by atoms with Crippen LogP contribution in [0.25, 0.3) is 0 Å². The van der Waals surface area contributed by atoms with Crippen LogP contribution in [0, 0.1) is 0 Å². The molecule has 0 aliphatic carbocycles. The minimum Gasteiger partial charge on any atom is -0.359 e. The molecule has 1 aromatic carbocycles. The van der Waals surface area contributed by atoms with Gasteiger partial charge in [-0.05, 0) is 30.5 Å². The monoisotopic (exact) mass is 384 g/mol. The number of imide groups is 2. The Kier molecular flexibility index (Phi) is 5.53. The Labute approximate surface area is 161 Å². The number of aryl methyl sites for hydroxylation is 1. The average molecular weight is 384 g/mol. The standard InChI is InChI=1S/C19H20N4O5/c1-20-15(24)7-5-11-3-2-4-12(9-11)21-13-10-17(26)23(19(13)28)14-6-8-16(25)22-18(14)27/h2-4,9-10,14,21H,5-8H2,1H3,(H,20,24)(H,22,25,27). The Morgan fingerprint density at radius 1 is 1.25 bits per heavy atom. The number of piperidine rings is 1. The highest BCUT2D eigenvalue weighted by Gasteiger charge is 2.42. The largest absolute Gasteiger partial charge is 0.359 e. The second-order valence-electron chi connectivity index (χ2n) is 6.54. The molecule has 28 heavy (non-hydrogen) atoms. The number of rotatable bonds is 6. The van der Waals surface area contributed by atoms with Gasteiger partial charge in [-0.2, -0.15) is 0 Å². The first-order valence-corrected chi connectivity index (χ1v) is 8.88. The van der Waals surface area contributed by atoms with Crippen molar-refractivity contribution in [3.8, 4) is 0 Å². The van der Waals surface area contributed by atoms with Crippen LogP contribution in [-0.2, 0) is 30.4 Å². The maximum atomic E-state index is 12.6. The van der Waals surface area contributed by atoms with Gasteiger partial charge in [0, 0.05) is 31.7 Å². The molecule has 1 unspecified atom stereocenters. The van der Waals surface area contributed by atoms with Crippen LogP contribution in [0.4, 0.5) is 5.69 Å². The van der Waals surface area contributed by atoms with Gasteiger partial charge in [-0.1, -0.05) is 12.1 Å². The molecule has 3 rings (SSSR count). The summed E-state index contributed by atoms with van der Waals surface area (Å²) in [6.45, 7) is 0. The van der Waals surface area contributed by atoms with Gasteiger partial charge in [0.1, 0.15) is 11.7 Å². The molecule has 1 aromatic rings. The molecule has 146 valence electrons. The number of nitrogens with one attached hydrogen (secondary N) is 3. The predicted molar refractivity (Wildman–Crippen MR) is 98.6 cm³/mol. The van der Waals surface area contributed by atoms with Crippen molar-refractivity contribution in [1.82, 2.24) is 15.5 Å². The number of carbonyl (C=O) groups is 5. The number of nitrogens with zero attached hydrogens (tertiary/aromatic N) is 1. The van der Waals surface area contributed by atoms with Crippen LogP contribution >= 0.6 is 0 Å². The van der Waals surface area contributed by atoms with Gasteiger partial charge < -0.3 is 10.6 Å². The number of amides is 5. The molecule has 1 atom stereocenters. The molecule has 0 spiro atoms. The third-order valence-electron chi connectivity index (χ3n) is 4.60. The molecule has 9 heteroatoms. The Hall–Kier alpha value is -3.49. The molecular weight excluding hydrogens is 364 g/mol. The van der Waals surface area contributed by atoms with Crippen molar-refractivity contribution in [2.45, 2.75) is 31.7 Å². The first-order chi connectivity index (χ1) is 13.4. The number of anilines is 1. The lowest BCUT2D eigenvalue weighted by molar-refractivity contribution is -0.149. The zero-order valence-corrected chi connectivity index (χ0v) is 15.3. The van der Waals surface area contributed by atoms with Crippen molar-refractivity contribution in [2.75, 3.05) is 12.4 Å². The van der Waals surface area contributed by atoms with E-state index in [-0.39, 0.29) is 24.4 Å². The second-order valence-corrected chi connectivity index (χ2v) is 6.54. The van der Waals surface area contributed by atoms with Crippen LogP contribution in [-0.4, -0.2) is 47.5 Å². The lowest BCUT2D eigenvalue weighted by Crippen LogP contribution is -2.54. The molecule has 3 N–H and O–H groups in total. The Balaban J connectivity index is 1.68. The van der Waals surface area contributed by atoms with Gasteiger partial charge in [-0.25, -0.2) is 0 Å². The molecule has 2 aliphatic rings. The van der Waals surface area contributed by atoms with Gasteiger partial charge in [0.2, 0.25) is 17.7 Å². The topological polar surface area (TPSA) is 125 Å². The highest BCUT2D eigenvalue weighted by Crippen LogP contribution is 2.23. The van der Waals surface area contributed by atoms with Crippen molar-refractivity contribution in [1.29, 1.82) is 0 Å². The highest BCUT2D eigenvalue weighted by molar-refractivity contribution is 6.20. The normalized spacial score (nSPS) is 19.4. The van der Waals surface area contributed by atoms with Crippen molar-refractivity contribution in [3.63, 3.8) is 0 Å². The van der Waals surface area contributed by atoms with Crippen LogP contribution in [0.15, 0.2) is 36.0 Å². The summed E-state index contributed by atoms with van der Waals surface area (Å²) in [5, 5.41) is 7.61. The molecular formula is C19H20N4O5. The van der Waals surface area contributed by atoms with E-state index in [2.05, 4.69) is 16.0 Å². The number of carbonyl (C=O) groups excluding carboxylic acids is 5. The fourth-order valence-corrected chi connectivity index (χ4v) is 3.14. The summed E-state index contributed by atoms with van der Waals surface area (Å²) >= 11 is 0. The van der Waals surface area contributed by atoms with E-state index < -0.39 is 29.7 Å². The Morgan fingerprint density at radius 3 is 2.75 bits per heavy atom. The molecule has 0 aromatic heterocycles. The third-order valence-corrected chi connectivity index (χ3v) is 4.60. The summed E-state index contributed by atoms with van der Waals surface area (Å²) < 4.78 is 0. The van der Waals surface area contributed by atoms with Crippen LogP contribution in [0.2, 0.25) is 0 Å². The molecule has 0 bridgehead atoms. The number of hydrogen-bond acceptors (Lipinski definition) is 6. The van der Waals surface area contributed by atoms with Crippen molar-refractivity contribution < 1.29 is 24.0 Å². The van der Waals surface area contributed by atoms with Crippen LogP contribution in [0.1, 0.15) is 24.8 Å². The van der Waals surface area contributed by atoms with E-state index in [0.29, 0.717) is 18.5 Å². The maximum Gasteiger partial charge on any atom is 0.278 e. The smallest absolute Gasteiger partial charge is 0.278 e. The first kappa shape index (κ1) is 19.3. The summed E-state index contributed by atoms with van der Waals surface area (Å²) in [6.07, 6.45) is 2.19. The summed E-state index contributed by atoms with van der Waals surface area (Å²) in [7, 11) is 1.57. The average Bonchev–Trinajstić information content (AvgIpc) is 2.94. The predicted octanol–water partition coefficient (Wildman–Crippen LogP) is -0.165. The fraction of sp³-hybridized carbons (Fsp3) is 0.316. The third kappa shape index (κ3) is 4.08. The van der Waals surface area contributed by atoms with E-state index in [1.165, 1.54) is 0 Å². The van der Waals surface area contributed by atoms with E-state index in [4.69, 9.17) is 0 Å². The highest BCUT2D eigenvalue weighted by atomic mass is 16.2. The van der Waals surface area contributed by atoms with E-state index in [1.807, 2.05) is 6.07 Å². The maximum absolute atomic E-state index is 12.6. The molecule has 2 aliphatic heterocycles. The lowest BCUT2D eigenvalue weighted by atomic mass is 10.0. The Morgan fingerprint density at radius 2 is 2.04 bits per heavy atom. The van der Waals surface area contributed by atoms with E-state index >= 15 is 0 Å². The van der Waals surface area contributed by atoms with Gasteiger partial charge in [0.05, 0.1) is 0 Å². The van der Waals surface area contributed by atoms with Crippen LogP contribution in [0.3, 0.4) is 0 Å². The van der Waals surface area contributed by atoms with Gasteiger partial charge in [-0.3, -0.25) is 34.2 Å². The van der Waals surface area contributed by atoms with Gasteiger partial charge in [0.15, 0.2) is 0 Å². The summed E-state index contributed by atoms with van der Waals surface area (Å²) in [6, 6.07) is 6.17. The molecule has 0 radical (unpaired) electrons. The molecule has 9 nitrogen and oxygen atoms in total.